The van der Waals surface area contributed by atoms with Crippen molar-refractivity contribution in [2.75, 3.05) is 39.3 Å². The van der Waals surface area contributed by atoms with E-state index >= 15 is 0 Å². The summed E-state index contributed by atoms with van der Waals surface area (Å²) in [4.78, 5) is 34.7. The van der Waals surface area contributed by atoms with E-state index in [0.29, 0.717) is 17.4 Å². The summed E-state index contributed by atoms with van der Waals surface area (Å²) in [5, 5.41) is 6.85. The third-order valence-electron chi connectivity index (χ3n) is 6.48. The molecule has 3 atom stereocenters. The Kier molecular flexibility index (Phi) is 8.58. The van der Waals surface area contributed by atoms with Crippen LogP contribution >= 0.6 is 11.6 Å². The smallest absolute Gasteiger partial charge is 0.240 e. The molecule has 1 aromatic rings. The third kappa shape index (κ3) is 6.56. The van der Waals surface area contributed by atoms with Gasteiger partial charge in [-0.25, -0.2) is 0 Å². The van der Waals surface area contributed by atoms with Crippen LogP contribution in [0.2, 0.25) is 5.02 Å². The van der Waals surface area contributed by atoms with Crippen molar-refractivity contribution in [2.45, 2.75) is 57.9 Å². The summed E-state index contributed by atoms with van der Waals surface area (Å²) in [5.41, 5.74) is 0.723. The number of piperidine rings is 1. The maximum absolute atomic E-state index is 13.5. The number of benzene rings is 1. The van der Waals surface area contributed by atoms with Crippen molar-refractivity contribution < 1.29 is 14.3 Å². The van der Waals surface area contributed by atoms with Crippen LogP contribution in [0.5, 0.6) is 0 Å². The Bertz CT molecular complexity index is 902. The summed E-state index contributed by atoms with van der Waals surface area (Å²) >= 11 is 6.17. The summed E-state index contributed by atoms with van der Waals surface area (Å²) in [6.07, 6.45) is 4.65. The minimum absolute atomic E-state index is 0.0139. The number of hydrogen-bond acceptors (Lipinski definition) is 6. The van der Waals surface area contributed by atoms with Crippen molar-refractivity contribution in [3.63, 3.8) is 0 Å². The molecule has 2 amide bonds. The minimum Gasteiger partial charge on any atom is -0.352 e. The van der Waals surface area contributed by atoms with E-state index in [4.69, 9.17) is 21.3 Å². The Balaban J connectivity index is 1.36. The van der Waals surface area contributed by atoms with E-state index < -0.39 is 5.92 Å². The topological polar surface area (TPSA) is 89.6 Å². The third-order valence-corrected chi connectivity index (χ3v) is 6.71. The Morgan fingerprint density at radius 3 is 2.79 bits per heavy atom. The summed E-state index contributed by atoms with van der Waals surface area (Å²) in [6, 6.07) is 7.19. The highest BCUT2D eigenvalue weighted by Crippen LogP contribution is 2.32. The minimum atomic E-state index is -0.408. The number of carbonyl (C=O) groups excluding carboxylic acids is 2. The lowest BCUT2D eigenvalue weighted by molar-refractivity contribution is -0.136. The van der Waals surface area contributed by atoms with E-state index in [1.807, 2.05) is 26.0 Å². The highest BCUT2D eigenvalue weighted by molar-refractivity contribution is 6.31. The monoisotopic (exact) mass is 489 g/mol. The molecule has 3 aliphatic rings. The predicted molar refractivity (Wildman–Crippen MR) is 133 cm³/mol. The van der Waals surface area contributed by atoms with Crippen LogP contribution in [0.25, 0.3) is 0 Å². The van der Waals surface area contributed by atoms with Gasteiger partial charge in [-0.2, -0.15) is 0 Å². The lowest BCUT2D eigenvalue weighted by Crippen LogP contribution is -2.52. The fraction of sp³-hybridized carbons (Fsp3) is 0.640. The fourth-order valence-electron chi connectivity index (χ4n) is 4.76. The summed E-state index contributed by atoms with van der Waals surface area (Å²) in [7, 11) is 0. The number of hydrogen-bond donors (Lipinski definition) is 2. The molecule has 2 saturated heterocycles. The van der Waals surface area contributed by atoms with Gasteiger partial charge >= 0.3 is 0 Å². The molecule has 0 aromatic heterocycles. The Morgan fingerprint density at radius 2 is 2.06 bits per heavy atom. The van der Waals surface area contributed by atoms with Crippen LogP contribution in [0.3, 0.4) is 0 Å². The van der Waals surface area contributed by atoms with E-state index in [9.17, 15) is 9.59 Å². The lowest BCUT2D eigenvalue weighted by atomic mass is 9.99. The van der Waals surface area contributed by atoms with Gasteiger partial charge in [0.05, 0.1) is 12.5 Å². The molecule has 2 N–H and O–H groups in total. The number of rotatable bonds is 10. The number of nitrogens with zero attached hydrogens (tertiary/aromatic N) is 3. The zero-order valence-electron chi connectivity index (χ0n) is 20.1. The molecule has 3 unspecified atom stereocenters. The van der Waals surface area contributed by atoms with Crippen molar-refractivity contribution in [2.24, 2.45) is 10.9 Å². The molecule has 2 fully saturated rings. The zero-order valence-corrected chi connectivity index (χ0v) is 20.9. The van der Waals surface area contributed by atoms with E-state index in [-0.39, 0.29) is 36.7 Å². The Labute approximate surface area is 207 Å². The van der Waals surface area contributed by atoms with E-state index in [1.165, 1.54) is 37.3 Å². The molecule has 8 nitrogen and oxygen atoms in total. The van der Waals surface area contributed by atoms with Crippen molar-refractivity contribution >= 4 is 29.3 Å². The molecular formula is C25H36ClN5O3. The molecule has 0 saturated carbocycles. The van der Waals surface area contributed by atoms with E-state index in [1.54, 1.807) is 12.1 Å². The van der Waals surface area contributed by atoms with E-state index in [0.717, 1.165) is 25.1 Å². The second-order valence-electron chi connectivity index (χ2n) is 9.66. The number of amides is 2. The van der Waals surface area contributed by atoms with Gasteiger partial charge in [-0.1, -0.05) is 30.2 Å². The van der Waals surface area contributed by atoms with Crippen molar-refractivity contribution in [3.8, 4) is 0 Å². The number of aliphatic imine (C=N–C) groups is 1. The summed E-state index contributed by atoms with van der Waals surface area (Å²) < 4.78 is 5.83. The van der Waals surface area contributed by atoms with Gasteiger partial charge in [-0.3, -0.25) is 24.8 Å². The normalized spacial score (nSPS) is 25.4. The molecule has 0 aliphatic carbocycles. The van der Waals surface area contributed by atoms with Gasteiger partial charge in [0.1, 0.15) is 24.7 Å². The largest absolute Gasteiger partial charge is 0.352 e. The van der Waals surface area contributed by atoms with Gasteiger partial charge < -0.3 is 15.0 Å². The van der Waals surface area contributed by atoms with Crippen LogP contribution in [0.15, 0.2) is 29.3 Å². The van der Waals surface area contributed by atoms with Gasteiger partial charge in [-0.05, 0) is 71.4 Å². The molecule has 3 aliphatic heterocycles. The van der Waals surface area contributed by atoms with E-state index in [2.05, 4.69) is 15.5 Å². The maximum atomic E-state index is 13.5. The fourth-order valence-corrected chi connectivity index (χ4v) is 4.95. The first-order valence-electron chi connectivity index (χ1n) is 12.4. The summed E-state index contributed by atoms with van der Waals surface area (Å²) in [5.74, 6) is -0.280. The number of amidine groups is 1. The van der Waals surface area contributed by atoms with Crippen LogP contribution in [0.4, 0.5) is 0 Å². The van der Waals surface area contributed by atoms with Crippen LogP contribution in [-0.4, -0.2) is 85.1 Å². The molecule has 3 heterocycles. The first kappa shape index (κ1) is 25.1. The quantitative estimate of drug-likeness (QED) is 0.388. The van der Waals surface area contributed by atoms with Crippen LogP contribution < -0.4 is 10.6 Å². The number of ether oxygens (including phenoxy) is 1. The molecule has 9 heteroatoms. The SMILES string of the molecule is CC(C)NC(=O)CN1C(=O)C(C2OC2NCCCN2CCCCC2)CN=C1c1cccc(Cl)c1. The molecule has 186 valence electrons. The lowest BCUT2D eigenvalue weighted by Gasteiger charge is -2.31. The van der Waals surface area contributed by atoms with Gasteiger partial charge in [0.2, 0.25) is 11.8 Å². The van der Waals surface area contributed by atoms with Gasteiger partial charge in [-0.15, -0.1) is 0 Å². The van der Waals surface area contributed by atoms with Crippen LogP contribution in [0.1, 0.15) is 45.1 Å². The number of nitrogens with one attached hydrogen (secondary N) is 2. The summed E-state index contributed by atoms with van der Waals surface area (Å²) in [6.45, 7) is 8.39. The van der Waals surface area contributed by atoms with Gasteiger partial charge in [0, 0.05) is 16.6 Å². The first-order valence-corrected chi connectivity index (χ1v) is 12.8. The second kappa shape index (κ2) is 11.6. The number of halogens is 1. The number of likely N-dealkylation sites (tertiary alicyclic amines) is 1. The standard InChI is InChI=1S/C25H36ClN5O3/c1-17(2)29-21(32)16-31-23(18-8-6-9-19(26)14-18)28-15-20(25(31)33)22-24(34-22)27-10-7-13-30-11-4-3-5-12-30/h6,8-9,14,17,20,22,24,27H,3-5,7,10-13,15-16H2,1-2H3,(H,29,32). The highest BCUT2D eigenvalue weighted by atomic mass is 35.5. The number of epoxide rings is 1. The Morgan fingerprint density at radius 1 is 1.26 bits per heavy atom. The predicted octanol–water partition coefficient (Wildman–Crippen LogP) is 2.26. The van der Waals surface area contributed by atoms with Gasteiger partial charge in [0.25, 0.3) is 0 Å². The maximum Gasteiger partial charge on any atom is 0.240 e. The average molecular weight is 490 g/mol. The second-order valence-corrected chi connectivity index (χ2v) is 10.1. The molecule has 0 radical (unpaired) electrons. The highest BCUT2D eigenvalue weighted by Gasteiger charge is 2.50. The molecule has 0 bridgehead atoms. The molecular weight excluding hydrogens is 454 g/mol. The Hall–Kier alpha value is -2.00. The van der Waals surface area contributed by atoms with Crippen LogP contribution in [-0.2, 0) is 14.3 Å². The van der Waals surface area contributed by atoms with Crippen molar-refractivity contribution in [3.05, 3.63) is 34.9 Å². The van der Waals surface area contributed by atoms with Gasteiger partial charge in [0.15, 0.2) is 0 Å². The van der Waals surface area contributed by atoms with Crippen LogP contribution in [0, 0.1) is 5.92 Å². The first-order chi connectivity index (χ1) is 16.4. The zero-order chi connectivity index (χ0) is 24.1. The van der Waals surface area contributed by atoms with Crippen molar-refractivity contribution in [1.29, 1.82) is 0 Å². The number of carbonyl (C=O) groups is 2. The average Bonchev–Trinajstić information content (AvgIpc) is 3.57. The molecule has 4 rings (SSSR count). The molecule has 1 aromatic carbocycles. The van der Waals surface area contributed by atoms with Crippen molar-refractivity contribution in [1.82, 2.24) is 20.4 Å². The molecule has 34 heavy (non-hydrogen) atoms. The molecule has 0 spiro atoms.